The van der Waals surface area contributed by atoms with Crippen LogP contribution in [0.5, 0.6) is 0 Å². The standard InChI is InChI=1S/C38H38F3N2/c1-24-27-17-11-12-18-28(27)31(36(2,3)4)22-30(24)34-35-29(20-21-42(34)7)33-25(23-37(5,6)38(39,40)41)14-13-19-32(33)43(35)26-15-9-8-10-16-26/h8-22H,23H2,1-7H3/q+1. The number of fused-ring (bicyclic) bond motifs is 4. The number of pyridine rings is 1. The number of rotatable bonds is 4. The lowest BCUT2D eigenvalue weighted by atomic mass is 9.80. The third kappa shape index (κ3) is 4.70. The summed E-state index contributed by atoms with van der Waals surface area (Å²) in [6.07, 6.45) is -2.39. The van der Waals surface area contributed by atoms with Crippen molar-refractivity contribution in [1.82, 2.24) is 4.57 Å². The molecule has 0 atom stereocenters. The first-order valence-corrected chi connectivity index (χ1v) is 14.8. The van der Waals surface area contributed by atoms with Gasteiger partial charge in [-0.25, -0.2) is 0 Å². The van der Waals surface area contributed by atoms with E-state index in [0.717, 1.165) is 38.8 Å². The van der Waals surface area contributed by atoms with Gasteiger partial charge in [0.15, 0.2) is 6.20 Å². The first-order valence-electron chi connectivity index (χ1n) is 14.8. The average molecular weight is 580 g/mol. The Bertz CT molecular complexity index is 2010. The molecule has 6 rings (SSSR count). The van der Waals surface area contributed by atoms with Gasteiger partial charge in [-0.2, -0.15) is 17.7 Å². The van der Waals surface area contributed by atoms with E-state index in [-0.39, 0.29) is 11.8 Å². The fourth-order valence-electron chi connectivity index (χ4n) is 6.54. The van der Waals surface area contributed by atoms with Gasteiger partial charge in [0.25, 0.3) is 0 Å². The van der Waals surface area contributed by atoms with Gasteiger partial charge in [0.05, 0.1) is 16.5 Å². The molecule has 0 aliphatic heterocycles. The molecule has 0 aliphatic carbocycles. The van der Waals surface area contributed by atoms with Crippen molar-refractivity contribution in [3.05, 3.63) is 108 Å². The molecule has 2 heterocycles. The lowest BCUT2D eigenvalue weighted by Gasteiger charge is -2.28. The molecule has 0 fully saturated rings. The van der Waals surface area contributed by atoms with Gasteiger partial charge in [0.1, 0.15) is 12.6 Å². The minimum atomic E-state index is -4.32. The van der Waals surface area contributed by atoms with Crippen molar-refractivity contribution in [2.75, 3.05) is 0 Å². The predicted molar refractivity (Wildman–Crippen MR) is 172 cm³/mol. The quantitative estimate of drug-likeness (QED) is 0.184. The predicted octanol–water partition coefficient (Wildman–Crippen LogP) is 10.2. The summed E-state index contributed by atoms with van der Waals surface area (Å²) >= 11 is 0. The Kier molecular flexibility index (Phi) is 6.72. The SMILES string of the molecule is Cc1c(-c2c3c(cc[n+]2C)c2c(CC(C)(C)C(F)(F)F)cccc2n3-c2ccccc2)cc(C(C)(C)C)c2ccccc12. The van der Waals surface area contributed by atoms with Crippen LogP contribution in [-0.2, 0) is 18.9 Å². The maximum absolute atomic E-state index is 14.1. The Balaban J connectivity index is 1.79. The molecule has 0 unspecified atom stereocenters. The van der Waals surface area contributed by atoms with Gasteiger partial charge in [0, 0.05) is 22.5 Å². The molecular weight excluding hydrogens is 541 g/mol. The minimum Gasteiger partial charge on any atom is -0.303 e. The molecule has 0 spiro atoms. The van der Waals surface area contributed by atoms with E-state index in [4.69, 9.17) is 0 Å². The van der Waals surface area contributed by atoms with Crippen LogP contribution >= 0.6 is 0 Å². The molecule has 0 saturated heterocycles. The number of alkyl halides is 3. The van der Waals surface area contributed by atoms with Crippen molar-refractivity contribution < 1.29 is 17.7 Å². The Morgan fingerprint density at radius 3 is 2.05 bits per heavy atom. The number of para-hydroxylation sites is 1. The van der Waals surface area contributed by atoms with Gasteiger partial charge in [-0.1, -0.05) is 89.2 Å². The van der Waals surface area contributed by atoms with Crippen LogP contribution in [0.3, 0.4) is 0 Å². The van der Waals surface area contributed by atoms with Gasteiger partial charge in [0.2, 0.25) is 5.69 Å². The Hall–Kier alpha value is -4.12. The summed E-state index contributed by atoms with van der Waals surface area (Å²) in [7, 11) is 2.06. The summed E-state index contributed by atoms with van der Waals surface area (Å²) in [4.78, 5) is 0. The first kappa shape index (κ1) is 29.0. The van der Waals surface area contributed by atoms with E-state index in [1.54, 1.807) is 0 Å². The molecule has 6 aromatic rings. The van der Waals surface area contributed by atoms with Crippen LogP contribution in [0, 0.1) is 12.3 Å². The summed E-state index contributed by atoms with van der Waals surface area (Å²) in [6.45, 7) is 11.5. The number of benzene rings is 4. The summed E-state index contributed by atoms with van der Waals surface area (Å²) in [5.74, 6) is 0. The number of nitrogens with zero attached hydrogens (tertiary/aromatic N) is 2. The highest BCUT2D eigenvalue weighted by Crippen LogP contribution is 2.45. The average Bonchev–Trinajstić information content (AvgIpc) is 3.28. The van der Waals surface area contributed by atoms with Crippen molar-refractivity contribution in [1.29, 1.82) is 0 Å². The van der Waals surface area contributed by atoms with Crippen molar-refractivity contribution in [3.63, 3.8) is 0 Å². The van der Waals surface area contributed by atoms with E-state index in [9.17, 15) is 13.2 Å². The Morgan fingerprint density at radius 2 is 1.40 bits per heavy atom. The fourth-order valence-corrected chi connectivity index (χ4v) is 6.54. The first-order chi connectivity index (χ1) is 20.2. The highest BCUT2D eigenvalue weighted by Gasteiger charge is 2.47. The second-order valence-corrected chi connectivity index (χ2v) is 13.5. The van der Waals surface area contributed by atoms with E-state index >= 15 is 0 Å². The van der Waals surface area contributed by atoms with Crippen LogP contribution in [0.4, 0.5) is 13.2 Å². The third-order valence-electron chi connectivity index (χ3n) is 8.95. The van der Waals surface area contributed by atoms with Gasteiger partial charge in [-0.15, -0.1) is 0 Å². The molecule has 5 heteroatoms. The molecule has 4 aromatic carbocycles. The van der Waals surface area contributed by atoms with Crippen LogP contribution in [0.25, 0.3) is 49.5 Å². The lowest BCUT2D eigenvalue weighted by molar-refractivity contribution is -0.659. The molecule has 0 aliphatic rings. The molecule has 0 saturated carbocycles. The van der Waals surface area contributed by atoms with Crippen LogP contribution in [0.15, 0.2) is 91.1 Å². The highest BCUT2D eigenvalue weighted by molar-refractivity contribution is 6.14. The topological polar surface area (TPSA) is 8.81 Å². The fraction of sp³-hybridized carbons (Fsp3) is 0.289. The van der Waals surface area contributed by atoms with Gasteiger partial charge in [-0.05, 0) is 70.5 Å². The van der Waals surface area contributed by atoms with Crippen LogP contribution in [0.1, 0.15) is 51.3 Å². The molecule has 220 valence electrons. The molecule has 2 aromatic heterocycles. The smallest absolute Gasteiger partial charge is 0.303 e. The largest absolute Gasteiger partial charge is 0.394 e. The molecule has 2 nitrogen and oxygen atoms in total. The van der Waals surface area contributed by atoms with Gasteiger partial charge < -0.3 is 4.57 Å². The molecule has 0 radical (unpaired) electrons. The number of aromatic nitrogens is 2. The van der Waals surface area contributed by atoms with Crippen molar-refractivity contribution in [2.45, 2.75) is 59.6 Å². The highest BCUT2D eigenvalue weighted by atomic mass is 19.4. The molecule has 0 bridgehead atoms. The zero-order chi connectivity index (χ0) is 30.9. The maximum Gasteiger partial charge on any atom is 0.394 e. The zero-order valence-corrected chi connectivity index (χ0v) is 25.9. The summed E-state index contributed by atoms with van der Waals surface area (Å²) in [5.41, 5.74) is 6.17. The van der Waals surface area contributed by atoms with Crippen molar-refractivity contribution >= 4 is 32.6 Å². The second kappa shape index (κ2) is 9.97. The van der Waals surface area contributed by atoms with Crippen molar-refractivity contribution in [3.8, 4) is 16.9 Å². The number of halogens is 3. The van der Waals surface area contributed by atoms with E-state index < -0.39 is 11.6 Å². The van der Waals surface area contributed by atoms with Crippen LogP contribution in [0.2, 0.25) is 0 Å². The van der Waals surface area contributed by atoms with E-state index in [1.165, 1.54) is 35.7 Å². The summed E-state index contributed by atoms with van der Waals surface area (Å²) < 4.78 is 46.8. The van der Waals surface area contributed by atoms with E-state index in [0.29, 0.717) is 5.56 Å². The van der Waals surface area contributed by atoms with Crippen LogP contribution in [-0.4, -0.2) is 10.7 Å². The molecular formula is C38H38F3N2+. The molecule has 43 heavy (non-hydrogen) atoms. The normalized spacial score (nSPS) is 13.0. The Labute approximate surface area is 251 Å². The minimum absolute atomic E-state index is 0.100. The summed E-state index contributed by atoms with van der Waals surface area (Å²) in [5, 5.41) is 4.27. The number of hydrogen-bond donors (Lipinski definition) is 0. The number of hydrogen-bond acceptors (Lipinski definition) is 0. The number of aryl methyl sites for hydroxylation is 2. The third-order valence-corrected chi connectivity index (χ3v) is 8.95. The second-order valence-electron chi connectivity index (χ2n) is 13.5. The van der Waals surface area contributed by atoms with Crippen LogP contribution < -0.4 is 4.57 Å². The monoisotopic (exact) mass is 579 g/mol. The summed E-state index contributed by atoms with van der Waals surface area (Å²) in [6, 6.07) is 28.9. The van der Waals surface area contributed by atoms with E-state index in [1.807, 2.05) is 42.6 Å². The van der Waals surface area contributed by atoms with Gasteiger partial charge in [-0.3, -0.25) is 0 Å². The van der Waals surface area contributed by atoms with Gasteiger partial charge >= 0.3 is 6.18 Å². The Morgan fingerprint density at radius 1 is 0.744 bits per heavy atom. The van der Waals surface area contributed by atoms with E-state index in [2.05, 4.69) is 92.4 Å². The maximum atomic E-state index is 14.1. The lowest BCUT2D eigenvalue weighted by Crippen LogP contribution is -2.34. The molecule has 0 N–H and O–H groups in total. The zero-order valence-electron chi connectivity index (χ0n) is 25.9. The van der Waals surface area contributed by atoms with Crippen molar-refractivity contribution in [2.24, 2.45) is 12.5 Å². The molecule has 0 amide bonds.